The Hall–Kier alpha value is -1.46. The number of nitrogens with zero attached hydrogens (tertiary/aromatic N) is 1. The lowest BCUT2D eigenvalue weighted by molar-refractivity contribution is -0.129. The van der Waals surface area contributed by atoms with E-state index in [2.05, 4.69) is 10.6 Å². The zero-order valence-electron chi connectivity index (χ0n) is 11.8. The van der Waals surface area contributed by atoms with Gasteiger partial charge in [-0.25, -0.2) is 4.79 Å². The number of hydrogen-bond acceptors (Lipinski definition) is 2. The number of nitrogens with one attached hydrogen (secondary N) is 2. The third-order valence-corrected chi connectivity index (χ3v) is 3.86. The lowest BCUT2D eigenvalue weighted by atomic mass is 10.2. The maximum absolute atomic E-state index is 12.0. The van der Waals surface area contributed by atoms with Gasteiger partial charge in [0, 0.05) is 24.0 Å². The van der Waals surface area contributed by atoms with Crippen LogP contribution in [0.5, 0.6) is 0 Å². The van der Waals surface area contributed by atoms with Crippen LogP contribution >= 0.6 is 23.2 Å². The molecule has 1 aliphatic heterocycles. The summed E-state index contributed by atoms with van der Waals surface area (Å²) >= 11 is 11.8. The Kier molecular flexibility index (Phi) is 4.96. The van der Waals surface area contributed by atoms with Gasteiger partial charge in [-0.15, -0.1) is 0 Å². The van der Waals surface area contributed by atoms with Gasteiger partial charge in [0.1, 0.15) is 0 Å². The van der Waals surface area contributed by atoms with Crippen LogP contribution in [0.2, 0.25) is 10.0 Å². The summed E-state index contributed by atoms with van der Waals surface area (Å²) in [6.45, 7) is 4.42. The van der Waals surface area contributed by atoms with Gasteiger partial charge in [0.05, 0.1) is 16.8 Å². The fraction of sp³-hybridized carbons (Fsp3) is 0.429. The molecule has 1 saturated heterocycles. The highest BCUT2D eigenvalue weighted by molar-refractivity contribution is 6.35. The summed E-state index contributed by atoms with van der Waals surface area (Å²) < 4.78 is 0. The van der Waals surface area contributed by atoms with Crippen molar-refractivity contribution in [3.05, 3.63) is 28.2 Å². The van der Waals surface area contributed by atoms with E-state index in [1.54, 1.807) is 23.1 Å². The van der Waals surface area contributed by atoms with Gasteiger partial charge in [-0.2, -0.15) is 0 Å². The van der Waals surface area contributed by atoms with Crippen LogP contribution in [-0.4, -0.2) is 35.5 Å². The molecule has 1 aromatic carbocycles. The molecule has 21 heavy (non-hydrogen) atoms. The van der Waals surface area contributed by atoms with Crippen molar-refractivity contribution in [2.24, 2.45) is 0 Å². The number of urea groups is 1. The molecule has 0 aliphatic carbocycles. The number of carbonyl (C=O) groups excluding carboxylic acids is 2. The molecule has 114 valence electrons. The van der Waals surface area contributed by atoms with Crippen LogP contribution in [0.15, 0.2) is 18.2 Å². The van der Waals surface area contributed by atoms with Gasteiger partial charge >= 0.3 is 6.03 Å². The number of halogens is 2. The SMILES string of the molecule is CC(C)N1CC(NC(=O)Nc2cc(Cl)ccc2Cl)CC1=O. The topological polar surface area (TPSA) is 61.4 Å². The third kappa shape index (κ3) is 4.02. The van der Waals surface area contributed by atoms with Crippen molar-refractivity contribution in [1.82, 2.24) is 10.2 Å². The van der Waals surface area contributed by atoms with E-state index >= 15 is 0 Å². The molecule has 0 spiro atoms. The van der Waals surface area contributed by atoms with Gasteiger partial charge in [0.2, 0.25) is 5.91 Å². The number of benzene rings is 1. The van der Waals surface area contributed by atoms with Crippen LogP contribution in [0.4, 0.5) is 10.5 Å². The number of hydrogen-bond donors (Lipinski definition) is 2. The largest absolute Gasteiger partial charge is 0.338 e. The molecule has 0 bridgehead atoms. The number of likely N-dealkylation sites (tertiary alicyclic amines) is 1. The van der Waals surface area contributed by atoms with Gasteiger partial charge in [0.15, 0.2) is 0 Å². The molecule has 2 N–H and O–H groups in total. The minimum Gasteiger partial charge on any atom is -0.338 e. The fourth-order valence-corrected chi connectivity index (χ4v) is 2.60. The summed E-state index contributed by atoms with van der Waals surface area (Å²) in [6, 6.07) is 4.36. The number of rotatable bonds is 3. The summed E-state index contributed by atoms with van der Waals surface area (Å²) in [5, 5.41) is 6.30. The summed E-state index contributed by atoms with van der Waals surface area (Å²) in [5.74, 6) is 0.0519. The first-order chi connectivity index (χ1) is 9.86. The molecule has 1 atom stereocenters. The van der Waals surface area contributed by atoms with Crippen LogP contribution in [0.25, 0.3) is 0 Å². The Morgan fingerprint density at radius 2 is 2.10 bits per heavy atom. The highest BCUT2D eigenvalue weighted by Gasteiger charge is 2.31. The predicted octanol–water partition coefficient (Wildman–Crippen LogP) is 3.12. The summed E-state index contributed by atoms with van der Waals surface area (Å²) in [4.78, 5) is 25.5. The second-order valence-corrected chi connectivity index (χ2v) is 6.11. The summed E-state index contributed by atoms with van der Waals surface area (Å²) in [7, 11) is 0. The van der Waals surface area contributed by atoms with Gasteiger partial charge in [-0.05, 0) is 32.0 Å². The van der Waals surface area contributed by atoms with Crippen LogP contribution in [0.3, 0.4) is 0 Å². The molecule has 1 heterocycles. The van der Waals surface area contributed by atoms with E-state index in [9.17, 15) is 9.59 Å². The Labute approximate surface area is 133 Å². The zero-order valence-corrected chi connectivity index (χ0v) is 13.3. The van der Waals surface area contributed by atoms with Crippen molar-refractivity contribution in [2.75, 3.05) is 11.9 Å². The summed E-state index contributed by atoms with van der Waals surface area (Å²) in [6.07, 6.45) is 0.314. The van der Waals surface area contributed by atoms with Crippen LogP contribution in [0.1, 0.15) is 20.3 Å². The van der Waals surface area contributed by atoms with Crippen LogP contribution in [-0.2, 0) is 4.79 Å². The number of carbonyl (C=O) groups is 2. The van der Waals surface area contributed by atoms with Crippen molar-refractivity contribution in [1.29, 1.82) is 0 Å². The molecule has 0 aromatic heterocycles. The average molecular weight is 330 g/mol. The van der Waals surface area contributed by atoms with Crippen molar-refractivity contribution >= 4 is 40.8 Å². The minimum absolute atomic E-state index is 0.0519. The summed E-state index contributed by atoms with van der Waals surface area (Å²) in [5.41, 5.74) is 0.437. The molecular formula is C14H17Cl2N3O2. The zero-order chi connectivity index (χ0) is 15.6. The van der Waals surface area contributed by atoms with E-state index in [1.807, 2.05) is 13.8 Å². The van der Waals surface area contributed by atoms with E-state index < -0.39 is 6.03 Å². The molecule has 0 radical (unpaired) electrons. The standard InChI is InChI=1S/C14H17Cl2N3O2/c1-8(2)19-7-10(6-13(19)20)17-14(21)18-12-5-9(15)3-4-11(12)16/h3-5,8,10H,6-7H2,1-2H3,(H2,17,18,21). The van der Waals surface area contributed by atoms with E-state index in [0.717, 1.165) is 0 Å². The molecule has 7 heteroatoms. The smallest absolute Gasteiger partial charge is 0.319 e. The van der Waals surface area contributed by atoms with Crippen LogP contribution < -0.4 is 10.6 Å². The Bertz CT molecular complexity index is 563. The second kappa shape index (κ2) is 6.54. The Morgan fingerprint density at radius 1 is 1.38 bits per heavy atom. The van der Waals surface area contributed by atoms with Gasteiger partial charge in [-0.1, -0.05) is 23.2 Å². The lowest BCUT2D eigenvalue weighted by Gasteiger charge is -2.21. The van der Waals surface area contributed by atoms with Crippen molar-refractivity contribution in [3.8, 4) is 0 Å². The molecule has 1 unspecified atom stereocenters. The third-order valence-electron chi connectivity index (χ3n) is 3.29. The molecular weight excluding hydrogens is 313 g/mol. The highest BCUT2D eigenvalue weighted by atomic mass is 35.5. The normalized spacial score (nSPS) is 18.2. The molecule has 0 saturated carbocycles. The first kappa shape index (κ1) is 15.9. The van der Waals surface area contributed by atoms with Gasteiger partial charge in [-0.3, -0.25) is 4.79 Å². The van der Waals surface area contributed by atoms with Crippen molar-refractivity contribution < 1.29 is 9.59 Å². The maximum atomic E-state index is 12.0. The Morgan fingerprint density at radius 3 is 2.71 bits per heavy atom. The van der Waals surface area contributed by atoms with Crippen LogP contribution in [0, 0.1) is 0 Å². The molecule has 1 aliphatic rings. The first-order valence-corrected chi connectivity index (χ1v) is 7.44. The average Bonchev–Trinajstić information content (AvgIpc) is 2.74. The van der Waals surface area contributed by atoms with Gasteiger partial charge in [0.25, 0.3) is 0 Å². The van der Waals surface area contributed by atoms with E-state index in [4.69, 9.17) is 23.2 Å². The van der Waals surface area contributed by atoms with Crippen molar-refractivity contribution in [3.63, 3.8) is 0 Å². The van der Waals surface area contributed by atoms with Crippen molar-refractivity contribution in [2.45, 2.75) is 32.4 Å². The molecule has 1 aromatic rings. The van der Waals surface area contributed by atoms with E-state index in [0.29, 0.717) is 28.7 Å². The first-order valence-electron chi connectivity index (χ1n) is 6.69. The molecule has 3 amide bonds. The monoisotopic (exact) mass is 329 g/mol. The maximum Gasteiger partial charge on any atom is 0.319 e. The molecule has 2 rings (SSSR count). The number of amides is 3. The van der Waals surface area contributed by atoms with Gasteiger partial charge < -0.3 is 15.5 Å². The molecule has 1 fully saturated rings. The quantitative estimate of drug-likeness (QED) is 0.894. The van der Waals surface area contributed by atoms with E-state index in [1.165, 1.54) is 0 Å². The van der Waals surface area contributed by atoms with E-state index in [-0.39, 0.29) is 18.0 Å². The minimum atomic E-state index is -0.400. The number of anilines is 1. The fourth-order valence-electron chi connectivity index (χ4n) is 2.26. The lowest BCUT2D eigenvalue weighted by Crippen LogP contribution is -2.40. The highest BCUT2D eigenvalue weighted by Crippen LogP contribution is 2.25. The molecule has 5 nitrogen and oxygen atoms in total. The predicted molar refractivity (Wildman–Crippen MR) is 83.9 cm³/mol. The Balaban J connectivity index is 1.94. The second-order valence-electron chi connectivity index (χ2n) is 5.26.